The van der Waals surface area contributed by atoms with E-state index in [4.69, 9.17) is 4.42 Å². The number of hydrogen-bond acceptors (Lipinski definition) is 4. The van der Waals surface area contributed by atoms with Crippen LogP contribution in [0.4, 0.5) is 24.7 Å². The lowest BCUT2D eigenvalue weighted by atomic mass is 10.0. The van der Waals surface area contributed by atoms with Crippen molar-refractivity contribution in [3.05, 3.63) is 65.2 Å². The minimum absolute atomic E-state index is 0.0165. The number of anilines is 2. The Hall–Kier alpha value is -3.23. The van der Waals surface area contributed by atoms with E-state index in [9.17, 15) is 18.0 Å². The molecule has 0 saturated carbocycles. The van der Waals surface area contributed by atoms with Gasteiger partial charge in [0.25, 0.3) is 5.91 Å². The summed E-state index contributed by atoms with van der Waals surface area (Å²) < 4.78 is 47.1. The Morgan fingerprint density at radius 3 is 2.79 bits per heavy atom. The first-order valence-electron chi connectivity index (χ1n) is 9.07. The largest absolute Gasteiger partial charge is 0.467 e. The Bertz CT molecular complexity index is 1040. The zero-order valence-electron chi connectivity index (χ0n) is 15.7. The number of carbonyl (C=O) groups is 1. The van der Waals surface area contributed by atoms with Crippen LogP contribution in [0.1, 0.15) is 45.7 Å². The number of hydrogen-bond donors (Lipinski definition) is 2. The van der Waals surface area contributed by atoms with Gasteiger partial charge in [0.05, 0.1) is 18.5 Å². The molecule has 3 aromatic rings. The average Bonchev–Trinajstić information content (AvgIpc) is 3.32. The summed E-state index contributed by atoms with van der Waals surface area (Å²) in [6.07, 6.45) is -2.25. The maximum Gasteiger partial charge on any atom is 0.410 e. The van der Waals surface area contributed by atoms with E-state index >= 15 is 0 Å². The molecule has 9 heteroatoms. The number of aromatic nitrogens is 2. The maximum absolute atomic E-state index is 13.7. The van der Waals surface area contributed by atoms with Gasteiger partial charge in [-0.2, -0.15) is 18.3 Å². The van der Waals surface area contributed by atoms with Gasteiger partial charge in [-0.15, -0.1) is 0 Å². The molecule has 4 rings (SSSR count). The number of rotatable bonds is 3. The Balaban J connectivity index is 1.70. The Labute approximate surface area is 164 Å². The van der Waals surface area contributed by atoms with E-state index in [2.05, 4.69) is 15.7 Å². The second-order valence-corrected chi connectivity index (χ2v) is 7.13. The number of amides is 1. The molecule has 0 bridgehead atoms. The molecule has 0 fully saturated rings. The monoisotopic (exact) mass is 404 g/mol. The van der Waals surface area contributed by atoms with Crippen LogP contribution in [0.3, 0.4) is 0 Å². The highest BCUT2D eigenvalue weighted by atomic mass is 19.4. The normalized spacial score (nSPS) is 18.8. The topological polar surface area (TPSA) is 72.1 Å². The van der Waals surface area contributed by atoms with E-state index in [-0.39, 0.29) is 17.8 Å². The first-order valence-corrected chi connectivity index (χ1v) is 9.07. The van der Waals surface area contributed by atoms with Crippen LogP contribution >= 0.6 is 0 Å². The number of fused-ring (bicyclic) bond motifs is 1. The minimum Gasteiger partial charge on any atom is -0.467 e. The molecule has 2 N–H and O–H groups in total. The summed E-state index contributed by atoms with van der Waals surface area (Å²) in [7, 11) is 0. The molecule has 0 saturated heterocycles. The highest BCUT2D eigenvalue weighted by Gasteiger charge is 2.47. The summed E-state index contributed by atoms with van der Waals surface area (Å²) in [6, 6.07) is 6.21. The van der Waals surface area contributed by atoms with Crippen molar-refractivity contribution in [2.75, 3.05) is 10.6 Å². The van der Waals surface area contributed by atoms with Crippen molar-refractivity contribution in [3.63, 3.8) is 0 Å². The third-order valence-corrected chi connectivity index (χ3v) is 5.01. The molecule has 2 aromatic heterocycles. The van der Waals surface area contributed by atoms with E-state index < -0.39 is 24.2 Å². The fraction of sp³-hybridized carbons (Fsp3) is 0.300. The van der Waals surface area contributed by atoms with Gasteiger partial charge in [0.15, 0.2) is 6.04 Å². The Kier molecular flexibility index (Phi) is 4.60. The van der Waals surface area contributed by atoms with Gasteiger partial charge in [0.2, 0.25) is 0 Å². The number of nitrogens with zero attached hydrogens (tertiary/aromatic N) is 2. The zero-order chi connectivity index (χ0) is 20.8. The number of benzene rings is 1. The predicted octanol–water partition coefficient (Wildman–Crippen LogP) is 5.01. The average molecular weight is 404 g/mol. The third-order valence-electron chi connectivity index (χ3n) is 5.01. The van der Waals surface area contributed by atoms with Gasteiger partial charge in [0.1, 0.15) is 17.1 Å². The van der Waals surface area contributed by atoms with E-state index in [1.165, 1.54) is 6.26 Å². The Morgan fingerprint density at radius 2 is 2.10 bits per heavy atom. The van der Waals surface area contributed by atoms with Gasteiger partial charge >= 0.3 is 6.18 Å². The molecule has 29 heavy (non-hydrogen) atoms. The first-order chi connectivity index (χ1) is 13.7. The summed E-state index contributed by atoms with van der Waals surface area (Å²) in [6.45, 7) is 3.73. The highest BCUT2D eigenvalue weighted by molar-refractivity contribution is 6.07. The molecule has 3 heterocycles. The molecule has 1 aliphatic heterocycles. The van der Waals surface area contributed by atoms with E-state index in [1.54, 1.807) is 18.2 Å². The van der Waals surface area contributed by atoms with Crippen LogP contribution < -0.4 is 10.6 Å². The molecule has 0 aliphatic carbocycles. The SMILES string of the molecule is Cc1ccc(C)c(NC(=O)c2cnn3c2N[C@H](c2ccco2)C[C@@H]3C(F)(F)F)c1. The number of alkyl halides is 3. The first kappa shape index (κ1) is 19.1. The summed E-state index contributed by atoms with van der Waals surface area (Å²) in [4.78, 5) is 12.9. The maximum atomic E-state index is 13.7. The van der Waals surface area contributed by atoms with Crippen molar-refractivity contribution in [1.29, 1.82) is 0 Å². The minimum atomic E-state index is -4.52. The second-order valence-electron chi connectivity index (χ2n) is 7.13. The summed E-state index contributed by atoms with van der Waals surface area (Å²) in [5, 5.41) is 9.62. The fourth-order valence-corrected chi connectivity index (χ4v) is 3.46. The standard InChI is InChI=1S/C20H19F3N4O2/c1-11-5-6-12(2)14(8-11)26-19(28)13-10-24-27-17(20(21,22)23)9-15(25-18(13)27)16-4-3-7-29-16/h3-8,10,15,17,25H,9H2,1-2H3,(H,26,28)/t15-,17+/m0/s1. The molecule has 6 nitrogen and oxygen atoms in total. The van der Waals surface area contributed by atoms with Gasteiger partial charge in [-0.25, -0.2) is 4.68 Å². The molecular formula is C20H19F3N4O2. The molecule has 1 aliphatic rings. The van der Waals surface area contributed by atoms with E-state index in [0.717, 1.165) is 22.0 Å². The molecular weight excluding hydrogens is 385 g/mol. The van der Waals surface area contributed by atoms with Crippen molar-refractivity contribution in [2.24, 2.45) is 0 Å². The molecule has 0 unspecified atom stereocenters. The lowest BCUT2D eigenvalue weighted by Gasteiger charge is -2.32. The highest BCUT2D eigenvalue weighted by Crippen LogP contribution is 2.44. The van der Waals surface area contributed by atoms with Gasteiger partial charge < -0.3 is 15.1 Å². The van der Waals surface area contributed by atoms with Gasteiger partial charge in [-0.3, -0.25) is 4.79 Å². The number of nitrogens with one attached hydrogen (secondary N) is 2. The molecule has 0 spiro atoms. The van der Waals surface area contributed by atoms with Crippen molar-refractivity contribution < 1.29 is 22.4 Å². The van der Waals surface area contributed by atoms with Crippen molar-refractivity contribution in [1.82, 2.24) is 9.78 Å². The smallest absolute Gasteiger partial charge is 0.410 e. The Morgan fingerprint density at radius 1 is 1.31 bits per heavy atom. The zero-order valence-corrected chi connectivity index (χ0v) is 15.7. The van der Waals surface area contributed by atoms with Crippen molar-refractivity contribution >= 4 is 17.4 Å². The van der Waals surface area contributed by atoms with Gasteiger partial charge in [-0.05, 0) is 43.2 Å². The summed E-state index contributed by atoms with van der Waals surface area (Å²) >= 11 is 0. The molecule has 2 atom stereocenters. The number of halogens is 3. The fourth-order valence-electron chi connectivity index (χ4n) is 3.46. The number of aryl methyl sites for hydroxylation is 2. The van der Waals surface area contributed by atoms with Crippen LogP contribution in [0, 0.1) is 13.8 Å². The third kappa shape index (κ3) is 3.59. The van der Waals surface area contributed by atoms with Crippen molar-refractivity contribution in [2.45, 2.75) is 38.5 Å². The lowest BCUT2D eigenvalue weighted by molar-refractivity contribution is -0.174. The molecule has 152 valence electrons. The molecule has 0 radical (unpaired) electrons. The second kappa shape index (κ2) is 6.98. The van der Waals surface area contributed by atoms with Crippen LogP contribution in [0.15, 0.2) is 47.2 Å². The van der Waals surface area contributed by atoms with Crippen molar-refractivity contribution in [3.8, 4) is 0 Å². The van der Waals surface area contributed by atoms with Gasteiger partial charge in [-0.1, -0.05) is 12.1 Å². The quantitative estimate of drug-likeness (QED) is 0.644. The number of furan rings is 1. The van der Waals surface area contributed by atoms with Crippen LogP contribution in [0.25, 0.3) is 0 Å². The van der Waals surface area contributed by atoms with Crippen LogP contribution in [0.5, 0.6) is 0 Å². The van der Waals surface area contributed by atoms with Crippen LogP contribution in [-0.2, 0) is 0 Å². The van der Waals surface area contributed by atoms with E-state index in [0.29, 0.717) is 11.4 Å². The molecule has 1 aromatic carbocycles. The van der Waals surface area contributed by atoms with E-state index in [1.807, 2.05) is 26.0 Å². The van der Waals surface area contributed by atoms with Gasteiger partial charge in [0, 0.05) is 12.1 Å². The summed E-state index contributed by atoms with van der Waals surface area (Å²) in [5.74, 6) is -0.149. The molecule has 1 amide bonds. The summed E-state index contributed by atoms with van der Waals surface area (Å²) in [5.41, 5.74) is 2.44. The van der Waals surface area contributed by atoms with Crippen LogP contribution in [-0.4, -0.2) is 21.9 Å². The number of carbonyl (C=O) groups excluding carboxylic acids is 1. The predicted molar refractivity (Wildman–Crippen MR) is 101 cm³/mol. The van der Waals surface area contributed by atoms with Crippen LogP contribution in [0.2, 0.25) is 0 Å². The lowest BCUT2D eigenvalue weighted by Crippen LogP contribution is -2.36.